The number of carbonyl (C=O) groups is 4. The minimum absolute atomic E-state index is 0.0108. The number of carbonyl (C=O) groups excluding carboxylic acids is 4. The molecule has 0 aliphatic rings. The molecule has 3 aromatic carbocycles. The lowest BCUT2D eigenvalue weighted by molar-refractivity contribution is -0.142. The average molecular weight is 584 g/mol. The average Bonchev–Trinajstić information content (AvgIpc) is 3.53. The van der Waals surface area contributed by atoms with Crippen molar-refractivity contribution in [3.63, 3.8) is 0 Å². The highest BCUT2D eigenvalue weighted by molar-refractivity contribution is 5.98. The Morgan fingerprint density at radius 1 is 0.767 bits per heavy atom. The molecule has 43 heavy (non-hydrogen) atoms. The van der Waals surface area contributed by atoms with Crippen LogP contribution >= 0.6 is 0 Å². The minimum Gasteiger partial charge on any atom is -0.457 e. The van der Waals surface area contributed by atoms with Gasteiger partial charge in [-0.05, 0) is 90.2 Å². The summed E-state index contributed by atoms with van der Waals surface area (Å²) in [6, 6.07) is 23.9. The van der Waals surface area contributed by atoms with E-state index in [1.807, 2.05) is 24.3 Å². The van der Waals surface area contributed by atoms with Crippen molar-refractivity contribution < 1.29 is 37.8 Å². The Bertz CT molecular complexity index is 1530. The van der Waals surface area contributed by atoms with Gasteiger partial charge in [-0.1, -0.05) is 32.9 Å². The molecule has 0 aliphatic carbocycles. The molecule has 4 aromatic rings. The fraction of sp³-hybridized carbons (Fsp3) is 0.235. The quantitative estimate of drug-likeness (QED) is 0.106. The number of amides is 1. The molecule has 1 aromatic heterocycles. The summed E-state index contributed by atoms with van der Waals surface area (Å²) in [5, 5.41) is 2.79. The highest BCUT2D eigenvalue weighted by Gasteiger charge is 2.15. The molecule has 9 nitrogen and oxygen atoms in total. The van der Waals surface area contributed by atoms with Gasteiger partial charge in [-0.25, -0.2) is 4.79 Å². The summed E-state index contributed by atoms with van der Waals surface area (Å²) in [5.41, 5.74) is 2.18. The molecule has 0 fully saturated rings. The molecule has 9 heteroatoms. The van der Waals surface area contributed by atoms with Crippen LogP contribution in [0.15, 0.2) is 95.6 Å². The third-order valence-electron chi connectivity index (χ3n) is 6.35. The monoisotopic (exact) mass is 583 g/mol. The number of ketones is 1. The first kappa shape index (κ1) is 30.8. The highest BCUT2D eigenvalue weighted by atomic mass is 16.5. The number of benzene rings is 3. The van der Waals surface area contributed by atoms with Crippen LogP contribution in [0.2, 0.25) is 0 Å². The Kier molecular flexibility index (Phi) is 10.1. The van der Waals surface area contributed by atoms with Crippen molar-refractivity contribution in [2.45, 2.75) is 45.4 Å². The first-order valence-corrected chi connectivity index (χ1v) is 13.8. The first-order chi connectivity index (χ1) is 20.6. The standard InChI is InChI=1S/C34H33NO8/c1-34(2,3)24-11-17-26(18-12-24)42-27-19-13-25(14-20-27)35-31(37)7-4-8-32(38)41-22-29(36)23-9-15-28(16-10-23)43-33(39)30-6-5-21-40-30/h5-6,9-21H,4,7-8,22H2,1-3H3,(H,35,37). The molecular formula is C34H33NO8. The topological polar surface area (TPSA) is 121 Å². The zero-order valence-corrected chi connectivity index (χ0v) is 24.3. The zero-order valence-electron chi connectivity index (χ0n) is 24.3. The maximum absolute atomic E-state index is 12.4. The van der Waals surface area contributed by atoms with E-state index in [1.165, 1.54) is 42.2 Å². The van der Waals surface area contributed by atoms with Gasteiger partial charge in [0.2, 0.25) is 11.7 Å². The van der Waals surface area contributed by atoms with Gasteiger partial charge in [-0.15, -0.1) is 0 Å². The van der Waals surface area contributed by atoms with E-state index in [9.17, 15) is 19.2 Å². The molecule has 1 heterocycles. The highest BCUT2D eigenvalue weighted by Crippen LogP contribution is 2.27. The molecule has 222 valence electrons. The Morgan fingerprint density at radius 3 is 2.00 bits per heavy atom. The molecule has 0 unspecified atom stereocenters. The number of rotatable bonds is 12. The number of Topliss-reactive ketones (excluding diaryl/α,β-unsaturated/α-hetero) is 1. The zero-order chi connectivity index (χ0) is 30.8. The second kappa shape index (κ2) is 14.1. The lowest BCUT2D eigenvalue weighted by Gasteiger charge is -2.19. The third kappa shape index (κ3) is 9.43. The van der Waals surface area contributed by atoms with Gasteiger partial charge >= 0.3 is 11.9 Å². The predicted molar refractivity (Wildman–Crippen MR) is 160 cm³/mol. The van der Waals surface area contributed by atoms with E-state index in [4.69, 9.17) is 18.6 Å². The molecule has 0 radical (unpaired) electrons. The summed E-state index contributed by atoms with van der Waals surface area (Å²) in [4.78, 5) is 48.7. The molecule has 4 rings (SSSR count). The van der Waals surface area contributed by atoms with Crippen molar-refractivity contribution >= 4 is 29.3 Å². The Morgan fingerprint density at radius 2 is 1.40 bits per heavy atom. The van der Waals surface area contributed by atoms with Crippen LogP contribution in [-0.4, -0.2) is 30.2 Å². The van der Waals surface area contributed by atoms with Crippen molar-refractivity contribution in [2.75, 3.05) is 11.9 Å². The van der Waals surface area contributed by atoms with Crippen LogP contribution in [0, 0.1) is 0 Å². The van der Waals surface area contributed by atoms with Crippen LogP contribution in [0.5, 0.6) is 17.2 Å². The number of hydrogen-bond acceptors (Lipinski definition) is 8. The fourth-order valence-electron chi connectivity index (χ4n) is 3.94. The number of nitrogens with one attached hydrogen (secondary N) is 1. The number of hydrogen-bond donors (Lipinski definition) is 1. The normalized spacial score (nSPS) is 11.0. The maximum atomic E-state index is 12.4. The van der Waals surface area contributed by atoms with E-state index in [0.29, 0.717) is 17.0 Å². The largest absolute Gasteiger partial charge is 0.457 e. The van der Waals surface area contributed by atoms with Gasteiger partial charge in [-0.2, -0.15) is 0 Å². The molecule has 0 bridgehead atoms. The van der Waals surface area contributed by atoms with Gasteiger partial charge in [0.25, 0.3) is 0 Å². The van der Waals surface area contributed by atoms with Crippen LogP contribution in [-0.2, 0) is 19.7 Å². The second-order valence-corrected chi connectivity index (χ2v) is 10.8. The molecule has 0 saturated carbocycles. The van der Waals surface area contributed by atoms with E-state index >= 15 is 0 Å². The summed E-state index contributed by atoms with van der Waals surface area (Å²) < 4.78 is 21.1. The fourth-order valence-corrected chi connectivity index (χ4v) is 3.94. The van der Waals surface area contributed by atoms with E-state index in [1.54, 1.807) is 30.3 Å². The Balaban J connectivity index is 1.13. The smallest absolute Gasteiger partial charge is 0.379 e. The van der Waals surface area contributed by atoms with E-state index in [-0.39, 0.29) is 42.1 Å². The Hall–Kier alpha value is -5.18. The molecular weight excluding hydrogens is 550 g/mol. The van der Waals surface area contributed by atoms with Gasteiger partial charge in [-0.3, -0.25) is 14.4 Å². The van der Waals surface area contributed by atoms with Crippen molar-refractivity contribution in [1.29, 1.82) is 0 Å². The summed E-state index contributed by atoms with van der Waals surface area (Å²) in [7, 11) is 0. The number of anilines is 1. The summed E-state index contributed by atoms with van der Waals surface area (Å²) in [5.74, 6) is -0.242. The molecule has 1 N–H and O–H groups in total. The number of ether oxygens (including phenoxy) is 3. The lowest BCUT2D eigenvalue weighted by Crippen LogP contribution is -2.15. The van der Waals surface area contributed by atoms with Crippen LogP contribution in [0.4, 0.5) is 5.69 Å². The van der Waals surface area contributed by atoms with Crippen LogP contribution < -0.4 is 14.8 Å². The van der Waals surface area contributed by atoms with Crippen LogP contribution in [0.1, 0.15) is 66.5 Å². The van der Waals surface area contributed by atoms with Crippen LogP contribution in [0.25, 0.3) is 0 Å². The summed E-state index contributed by atoms with van der Waals surface area (Å²) >= 11 is 0. The van der Waals surface area contributed by atoms with Crippen molar-refractivity contribution in [1.82, 2.24) is 0 Å². The molecule has 1 amide bonds. The first-order valence-electron chi connectivity index (χ1n) is 13.8. The van der Waals surface area contributed by atoms with Gasteiger partial charge in [0.15, 0.2) is 12.4 Å². The number of furan rings is 1. The second-order valence-electron chi connectivity index (χ2n) is 10.8. The van der Waals surface area contributed by atoms with Crippen molar-refractivity contribution in [2.24, 2.45) is 0 Å². The molecule has 0 spiro atoms. The maximum Gasteiger partial charge on any atom is 0.379 e. The van der Waals surface area contributed by atoms with Gasteiger partial charge in [0.05, 0.1) is 6.26 Å². The summed E-state index contributed by atoms with van der Waals surface area (Å²) in [6.07, 6.45) is 1.72. The van der Waals surface area contributed by atoms with Crippen LogP contribution in [0.3, 0.4) is 0 Å². The lowest BCUT2D eigenvalue weighted by atomic mass is 9.87. The molecule has 0 aliphatic heterocycles. The Labute approximate surface area is 249 Å². The minimum atomic E-state index is -0.659. The predicted octanol–water partition coefficient (Wildman–Crippen LogP) is 7.12. The van der Waals surface area contributed by atoms with E-state index in [2.05, 4.69) is 26.1 Å². The third-order valence-corrected chi connectivity index (χ3v) is 6.35. The molecule has 0 saturated heterocycles. The SMILES string of the molecule is CC(C)(C)c1ccc(Oc2ccc(NC(=O)CCCC(=O)OCC(=O)c3ccc(OC(=O)c4ccco4)cc3)cc2)cc1. The van der Waals surface area contributed by atoms with Gasteiger partial charge < -0.3 is 23.9 Å². The van der Waals surface area contributed by atoms with Crippen molar-refractivity contribution in [3.05, 3.63) is 108 Å². The van der Waals surface area contributed by atoms with E-state index in [0.717, 1.165) is 5.75 Å². The van der Waals surface area contributed by atoms with Crippen molar-refractivity contribution in [3.8, 4) is 17.2 Å². The van der Waals surface area contributed by atoms with Gasteiger partial charge in [0.1, 0.15) is 17.2 Å². The van der Waals surface area contributed by atoms with Gasteiger partial charge in [0, 0.05) is 24.1 Å². The number of esters is 2. The summed E-state index contributed by atoms with van der Waals surface area (Å²) in [6.45, 7) is 6.02. The molecule has 0 atom stereocenters. The van der Waals surface area contributed by atoms with E-state index < -0.39 is 24.3 Å².